The van der Waals surface area contributed by atoms with Crippen molar-refractivity contribution in [2.24, 2.45) is 11.8 Å². The third-order valence-electron chi connectivity index (χ3n) is 4.47. The van der Waals surface area contributed by atoms with Crippen LogP contribution in [0, 0.1) is 11.8 Å². The first-order valence-electron chi connectivity index (χ1n) is 11.1. The number of fused-ring (bicyclic) bond motifs is 1. The van der Waals surface area contributed by atoms with Gasteiger partial charge in [0, 0.05) is 27.3 Å². The maximum absolute atomic E-state index is 12.9. The minimum Gasteiger partial charge on any atom is -0.385 e. The summed E-state index contributed by atoms with van der Waals surface area (Å²) in [6.45, 7) is 4.65. The van der Waals surface area contributed by atoms with Gasteiger partial charge in [-0.1, -0.05) is 44.9 Å². The first kappa shape index (κ1) is 13.9. The second-order valence-corrected chi connectivity index (χ2v) is 6.92. The Labute approximate surface area is 161 Å². The summed E-state index contributed by atoms with van der Waals surface area (Å²) < 4.78 is 40.6. The monoisotopic (exact) mass is 365 g/mol. The number of aliphatic hydroxyl groups excluding tert-OH is 1. The zero-order valence-corrected chi connectivity index (χ0v) is 15.5. The van der Waals surface area contributed by atoms with Crippen LogP contribution < -0.4 is 5.32 Å². The Morgan fingerprint density at radius 2 is 2.04 bits per heavy atom. The van der Waals surface area contributed by atoms with E-state index < -0.39 is 60.2 Å². The highest BCUT2D eigenvalue weighted by Crippen LogP contribution is 2.25. The van der Waals surface area contributed by atoms with Crippen molar-refractivity contribution < 1.29 is 26.3 Å². The normalized spacial score (nSPS) is 23.5. The molecular formula is C20H28N2O4. The van der Waals surface area contributed by atoms with E-state index in [-0.39, 0.29) is 36.1 Å². The van der Waals surface area contributed by atoms with Gasteiger partial charge in [0.2, 0.25) is 11.8 Å². The van der Waals surface area contributed by atoms with Crippen molar-refractivity contribution in [2.75, 3.05) is 13.6 Å². The van der Waals surface area contributed by atoms with Crippen molar-refractivity contribution in [1.82, 2.24) is 10.2 Å². The van der Waals surface area contributed by atoms with Gasteiger partial charge >= 0.3 is 0 Å². The molecule has 0 spiro atoms. The molecular weight excluding hydrogens is 332 g/mol. The Hall–Kier alpha value is -2.21. The summed E-state index contributed by atoms with van der Waals surface area (Å²) in [5.74, 6) is -4.59. The van der Waals surface area contributed by atoms with Gasteiger partial charge in [-0.15, -0.1) is 0 Å². The van der Waals surface area contributed by atoms with Crippen LogP contribution in [0.4, 0.5) is 0 Å². The lowest BCUT2D eigenvalue weighted by molar-refractivity contribution is -0.137. The number of carbonyl (C=O) groups excluding carboxylic acids is 3. The largest absolute Gasteiger partial charge is 0.385 e. The van der Waals surface area contributed by atoms with E-state index >= 15 is 0 Å². The molecule has 2 rings (SSSR count). The molecule has 0 aliphatic carbocycles. The zero-order valence-electron chi connectivity index (χ0n) is 20.5. The number of amides is 2. The third-order valence-corrected chi connectivity index (χ3v) is 4.47. The van der Waals surface area contributed by atoms with E-state index in [9.17, 15) is 19.5 Å². The first-order valence-corrected chi connectivity index (χ1v) is 8.56. The fourth-order valence-corrected chi connectivity index (χ4v) is 2.73. The Morgan fingerprint density at radius 3 is 2.69 bits per heavy atom. The van der Waals surface area contributed by atoms with Gasteiger partial charge < -0.3 is 15.3 Å². The summed E-state index contributed by atoms with van der Waals surface area (Å²) in [6, 6.07) is -3.08. The van der Waals surface area contributed by atoms with E-state index in [0.29, 0.717) is 0 Å². The van der Waals surface area contributed by atoms with E-state index in [4.69, 9.17) is 6.85 Å². The number of nitrogens with one attached hydrogen (secondary N) is 1. The van der Waals surface area contributed by atoms with Crippen LogP contribution in [0.25, 0.3) is 0 Å². The van der Waals surface area contributed by atoms with Crippen LogP contribution in [0.5, 0.6) is 0 Å². The van der Waals surface area contributed by atoms with Gasteiger partial charge in [-0.3, -0.25) is 14.4 Å². The fraction of sp³-hybridized carbons (Fsp3) is 0.550. The van der Waals surface area contributed by atoms with E-state index in [2.05, 4.69) is 5.32 Å². The lowest BCUT2D eigenvalue weighted by Crippen LogP contribution is -2.43. The van der Waals surface area contributed by atoms with Crippen molar-refractivity contribution in [3.63, 3.8) is 0 Å². The van der Waals surface area contributed by atoms with Gasteiger partial charge in [0.05, 0.1) is 5.48 Å². The molecule has 3 atom stereocenters. The van der Waals surface area contributed by atoms with E-state index in [0.717, 1.165) is 0 Å². The van der Waals surface area contributed by atoms with Crippen LogP contribution in [-0.2, 0) is 20.8 Å². The number of hydrogen-bond donors (Lipinski definition) is 2. The molecule has 0 saturated heterocycles. The maximum atomic E-state index is 12.9. The Kier molecular flexibility index (Phi) is 4.52. The molecule has 1 aromatic rings. The van der Waals surface area contributed by atoms with Crippen molar-refractivity contribution >= 4 is 17.6 Å². The number of hydrogen-bond acceptors (Lipinski definition) is 4. The zero-order chi connectivity index (χ0) is 23.8. The van der Waals surface area contributed by atoms with Gasteiger partial charge in [-0.25, -0.2) is 0 Å². The summed E-state index contributed by atoms with van der Waals surface area (Å²) in [4.78, 5) is 39.4. The fourth-order valence-electron chi connectivity index (χ4n) is 2.73. The Morgan fingerprint density at radius 1 is 1.38 bits per heavy atom. The van der Waals surface area contributed by atoms with Gasteiger partial charge in [0.1, 0.15) is 12.1 Å². The third kappa shape index (κ3) is 4.49. The van der Waals surface area contributed by atoms with Crippen LogP contribution in [0.2, 0.25) is 0 Å². The molecule has 6 heteroatoms. The van der Waals surface area contributed by atoms with E-state index in [1.54, 1.807) is 13.8 Å². The molecule has 142 valence electrons. The lowest BCUT2D eigenvalue weighted by Gasteiger charge is -2.24. The summed E-state index contributed by atoms with van der Waals surface area (Å²) in [6.07, 6.45) is -1.72. The molecule has 26 heavy (non-hydrogen) atoms. The molecule has 0 radical (unpaired) electrons. The summed E-state index contributed by atoms with van der Waals surface area (Å²) in [5, 5.41) is 12.3. The van der Waals surface area contributed by atoms with Crippen LogP contribution in [0.1, 0.15) is 51.2 Å². The number of benzene rings is 1. The molecule has 1 aliphatic rings. The van der Waals surface area contributed by atoms with Crippen molar-refractivity contribution in [2.45, 2.75) is 45.8 Å². The second-order valence-electron chi connectivity index (χ2n) is 6.92. The molecule has 0 saturated carbocycles. The molecule has 0 aromatic heterocycles. The predicted octanol–water partition coefficient (Wildman–Crippen LogP) is 1.47. The molecule has 6 nitrogen and oxygen atoms in total. The standard InChI is InChI=1S/C20H28N2O4/c1-12(2)18(24)16(23)11-13(3)19(25)21-17-15-8-6-5-7-14(15)9-10-22(4)20(17)26/h5-8,12-13,17-18,24H,9-11H2,1-4H3,(H,21,25)/t13-,17+,18+/m1/s1/i5D,6D,7D,8D,13D. The Balaban J connectivity index is 2.44. The van der Waals surface area contributed by atoms with Crippen molar-refractivity contribution in [3.05, 3.63) is 35.3 Å². The molecule has 2 amide bonds. The number of likely N-dealkylation sites (N-methyl/N-ethyl adjacent to an activating group) is 1. The molecule has 2 N–H and O–H groups in total. The predicted molar refractivity (Wildman–Crippen MR) is 98.3 cm³/mol. The number of rotatable bonds is 6. The highest BCUT2D eigenvalue weighted by Gasteiger charge is 2.32. The number of aliphatic hydroxyl groups is 1. The van der Waals surface area contributed by atoms with E-state index in [1.165, 1.54) is 18.9 Å². The molecule has 0 bridgehead atoms. The first-order chi connectivity index (χ1) is 14.2. The van der Waals surface area contributed by atoms with E-state index in [1.807, 2.05) is 0 Å². The summed E-state index contributed by atoms with van der Waals surface area (Å²) in [7, 11) is 1.49. The van der Waals surface area contributed by atoms with Crippen LogP contribution in [0.3, 0.4) is 0 Å². The summed E-state index contributed by atoms with van der Waals surface area (Å²) in [5.41, 5.74) is 0.199. The summed E-state index contributed by atoms with van der Waals surface area (Å²) >= 11 is 0. The average Bonchev–Trinajstić information content (AvgIpc) is 2.81. The average molecular weight is 365 g/mol. The molecule has 0 fully saturated rings. The maximum Gasteiger partial charge on any atom is 0.249 e. The molecule has 1 aromatic carbocycles. The minimum atomic E-state index is -2.00. The quantitative estimate of drug-likeness (QED) is 0.799. The van der Waals surface area contributed by atoms with Gasteiger partial charge in [0.15, 0.2) is 5.78 Å². The van der Waals surface area contributed by atoms with Crippen LogP contribution >= 0.6 is 0 Å². The number of ketones is 1. The number of Topliss-reactive ketones (excluding diaryl/α,β-unsaturated/α-hetero) is 1. The SMILES string of the molecule is [2H]c1c([2H])c([2H])c2c(c1[2H])CCN(C)C(=O)[C@H]2NC(=O)[C@]([2H])(C)CC(=O)[C@@H](O)C(C)C. The lowest BCUT2D eigenvalue weighted by atomic mass is 9.94. The smallest absolute Gasteiger partial charge is 0.249 e. The highest BCUT2D eigenvalue weighted by molar-refractivity contribution is 5.92. The van der Waals surface area contributed by atoms with Crippen molar-refractivity contribution in [3.8, 4) is 0 Å². The number of nitrogens with zero attached hydrogens (tertiary/aromatic N) is 1. The Bertz CT molecular complexity index is 920. The highest BCUT2D eigenvalue weighted by atomic mass is 16.3. The second kappa shape index (κ2) is 8.45. The molecule has 1 heterocycles. The minimum absolute atomic E-state index is 0.0296. The van der Waals surface area contributed by atoms with Crippen LogP contribution in [-0.4, -0.2) is 47.3 Å². The van der Waals surface area contributed by atoms with Gasteiger partial charge in [-0.05, 0) is 23.5 Å². The van der Waals surface area contributed by atoms with Crippen molar-refractivity contribution in [1.29, 1.82) is 0 Å². The van der Waals surface area contributed by atoms with Gasteiger partial charge in [-0.2, -0.15) is 0 Å². The van der Waals surface area contributed by atoms with Gasteiger partial charge in [0.25, 0.3) is 0 Å². The number of carbonyl (C=O) groups is 3. The topological polar surface area (TPSA) is 86.7 Å². The molecule has 1 aliphatic heterocycles. The van der Waals surface area contributed by atoms with Crippen LogP contribution in [0.15, 0.2) is 24.2 Å². The molecule has 0 unspecified atom stereocenters.